The highest BCUT2D eigenvalue weighted by Gasteiger charge is 2.32. The van der Waals surface area contributed by atoms with Gasteiger partial charge in [-0.05, 0) is 36.1 Å². The lowest BCUT2D eigenvalue weighted by Gasteiger charge is -2.38. The molecule has 0 atom stereocenters. The zero-order valence-electron chi connectivity index (χ0n) is 14.1. The average Bonchev–Trinajstić information content (AvgIpc) is 3.00. The number of hydrogen-bond acceptors (Lipinski definition) is 6. The van der Waals surface area contributed by atoms with Crippen molar-refractivity contribution in [3.8, 4) is 0 Å². The highest BCUT2D eigenvalue weighted by atomic mass is 32.2. The molecule has 1 aromatic heterocycles. The van der Waals surface area contributed by atoms with Crippen LogP contribution in [0.2, 0.25) is 0 Å². The molecule has 4 nitrogen and oxygen atoms in total. The molecule has 2 aromatic carbocycles. The number of esters is 1. The summed E-state index contributed by atoms with van der Waals surface area (Å²) in [7, 11) is 0. The zero-order valence-corrected chi connectivity index (χ0v) is 15.8. The quantitative estimate of drug-likeness (QED) is 0.472. The number of fused-ring (bicyclic) bond motifs is 1. The highest BCUT2D eigenvalue weighted by Crippen LogP contribution is 2.32. The van der Waals surface area contributed by atoms with Crippen LogP contribution in [0.3, 0.4) is 0 Å². The molecule has 7 heteroatoms. The van der Waals surface area contributed by atoms with Gasteiger partial charge in [0.25, 0.3) is 0 Å². The number of ether oxygens (including phenoxy) is 1. The van der Waals surface area contributed by atoms with E-state index in [1.165, 1.54) is 23.5 Å². The Morgan fingerprint density at radius 2 is 2.15 bits per heavy atom. The van der Waals surface area contributed by atoms with Gasteiger partial charge in [-0.15, -0.1) is 11.8 Å². The number of carbonyl (C=O) groups is 1. The van der Waals surface area contributed by atoms with E-state index in [-0.39, 0.29) is 17.9 Å². The number of halogens is 1. The first-order valence-electron chi connectivity index (χ1n) is 8.38. The van der Waals surface area contributed by atoms with Crippen molar-refractivity contribution in [2.75, 3.05) is 23.7 Å². The Labute approximate surface area is 159 Å². The first kappa shape index (κ1) is 17.3. The van der Waals surface area contributed by atoms with Crippen molar-refractivity contribution < 1.29 is 13.9 Å². The van der Waals surface area contributed by atoms with Crippen LogP contribution in [0, 0.1) is 5.82 Å². The minimum Gasteiger partial charge on any atom is -0.455 e. The molecule has 26 heavy (non-hydrogen) atoms. The van der Waals surface area contributed by atoms with Gasteiger partial charge >= 0.3 is 5.97 Å². The monoisotopic (exact) mass is 388 g/mol. The fourth-order valence-corrected chi connectivity index (χ4v) is 4.62. The number of carbonyl (C=O) groups excluding carboxylic acids is 1. The molecule has 4 rings (SSSR count). The lowest BCUT2D eigenvalue weighted by molar-refractivity contribution is 0.0230. The molecule has 0 aliphatic carbocycles. The summed E-state index contributed by atoms with van der Waals surface area (Å²) in [6.45, 7) is 3.27. The molecule has 0 bridgehead atoms. The van der Waals surface area contributed by atoms with Crippen LogP contribution in [0.15, 0.2) is 47.4 Å². The molecule has 0 saturated carbocycles. The minimum atomic E-state index is -0.280. The largest absolute Gasteiger partial charge is 0.455 e. The number of anilines is 1. The van der Waals surface area contributed by atoms with Crippen molar-refractivity contribution in [3.05, 3.63) is 53.8 Å². The maximum atomic E-state index is 13.3. The Morgan fingerprint density at radius 1 is 1.35 bits per heavy atom. The van der Waals surface area contributed by atoms with Crippen LogP contribution in [-0.2, 0) is 4.74 Å². The van der Waals surface area contributed by atoms with Gasteiger partial charge in [0, 0.05) is 4.90 Å². The van der Waals surface area contributed by atoms with Crippen LogP contribution in [0.4, 0.5) is 9.52 Å². The number of nitrogens with zero attached hydrogens (tertiary/aromatic N) is 2. The third kappa shape index (κ3) is 3.41. The molecule has 0 unspecified atom stereocenters. The topological polar surface area (TPSA) is 42.4 Å². The molecule has 1 saturated heterocycles. The molecule has 0 N–H and O–H groups in total. The summed E-state index contributed by atoms with van der Waals surface area (Å²) < 4.78 is 19.8. The van der Waals surface area contributed by atoms with E-state index in [4.69, 9.17) is 4.74 Å². The molecule has 1 aliphatic heterocycles. The van der Waals surface area contributed by atoms with E-state index >= 15 is 0 Å². The fourth-order valence-electron chi connectivity index (χ4n) is 2.82. The SMILES string of the molecule is CCSc1ccccc1C(=O)OC1CN(c2nc3ccc(F)cc3s2)C1. The lowest BCUT2D eigenvalue weighted by Crippen LogP contribution is -2.53. The number of rotatable bonds is 5. The van der Waals surface area contributed by atoms with E-state index in [1.54, 1.807) is 23.9 Å². The summed E-state index contributed by atoms with van der Waals surface area (Å²) in [6, 6.07) is 12.1. The standard InChI is InChI=1S/C19H17FN2O2S2/c1-2-25-16-6-4-3-5-14(16)18(23)24-13-10-22(11-13)19-21-15-8-7-12(20)9-17(15)26-19/h3-9,13H,2,10-11H2,1H3. The second kappa shape index (κ2) is 7.25. The molecule has 0 radical (unpaired) electrons. The Kier molecular flexibility index (Phi) is 4.82. The van der Waals surface area contributed by atoms with Crippen molar-refractivity contribution in [2.24, 2.45) is 0 Å². The predicted molar refractivity (Wildman–Crippen MR) is 104 cm³/mol. The van der Waals surface area contributed by atoms with E-state index in [2.05, 4.69) is 11.9 Å². The van der Waals surface area contributed by atoms with Gasteiger partial charge in [0.2, 0.25) is 0 Å². The smallest absolute Gasteiger partial charge is 0.339 e. The highest BCUT2D eigenvalue weighted by molar-refractivity contribution is 7.99. The number of thiazole rings is 1. The number of benzene rings is 2. The number of hydrogen-bond donors (Lipinski definition) is 0. The molecule has 0 amide bonds. The van der Waals surface area contributed by atoms with Gasteiger partial charge in [-0.1, -0.05) is 30.4 Å². The molecule has 0 spiro atoms. The van der Waals surface area contributed by atoms with Crippen molar-refractivity contribution in [3.63, 3.8) is 0 Å². The number of aromatic nitrogens is 1. The van der Waals surface area contributed by atoms with E-state index in [9.17, 15) is 9.18 Å². The third-order valence-electron chi connectivity index (χ3n) is 4.14. The van der Waals surface area contributed by atoms with Crippen LogP contribution in [0.1, 0.15) is 17.3 Å². The average molecular weight is 388 g/mol. The summed E-state index contributed by atoms with van der Waals surface area (Å²) in [6.07, 6.45) is -0.147. The van der Waals surface area contributed by atoms with Gasteiger partial charge in [0.15, 0.2) is 5.13 Å². The summed E-state index contributed by atoms with van der Waals surface area (Å²) >= 11 is 3.09. The molecule has 2 heterocycles. The summed E-state index contributed by atoms with van der Waals surface area (Å²) in [4.78, 5) is 20.0. The van der Waals surface area contributed by atoms with Crippen molar-refractivity contribution in [1.82, 2.24) is 4.98 Å². The second-order valence-electron chi connectivity index (χ2n) is 5.97. The Balaban J connectivity index is 1.39. The van der Waals surface area contributed by atoms with E-state index in [0.717, 1.165) is 26.0 Å². The molecular weight excluding hydrogens is 371 g/mol. The molecule has 1 aliphatic rings. The van der Waals surface area contributed by atoms with Crippen LogP contribution in [0.25, 0.3) is 10.2 Å². The van der Waals surface area contributed by atoms with Crippen molar-refractivity contribution >= 4 is 44.4 Å². The van der Waals surface area contributed by atoms with Crippen molar-refractivity contribution in [1.29, 1.82) is 0 Å². The van der Waals surface area contributed by atoms with Gasteiger partial charge in [-0.2, -0.15) is 0 Å². The third-order valence-corrected chi connectivity index (χ3v) is 6.17. The Bertz CT molecular complexity index is 954. The molecule has 3 aromatic rings. The fraction of sp³-hybridized carbons (Fsp3) is 0.263. The lowest BCUT2D eigenvalue weighted by atomic mass is 10.2. The van der Waals surface area contributed by atoms with Gasteiger partial charge in [0.1, 0.15) is 11.9 Å². The zero-order chi connectivity index (χ0) is 18.1. The summed E-state index contributed by atoms with van der Waals surface area (Å²) in [5.41, 5.74) is 1.41. The first-order chi connectivity index (χ1) is 12.6. The molecular formula is C19H17FN2O2S2. The minimum absolute atomic E-state index is 0.147. The van der Waals surface area contributed by atoms with Gasteiger partial charge in [-0.25, -0.2) is 14.2 Å². The van der Waals surface area contributed by atoms with E-state index in [0.29, 0.717) is 18.7 Å². The van der Waals surface area contributed by atoms with E-state index in [1.807, 2.05) is 23.1 Å². The van der Waals surface area contributed by atoms with Gasteiger partial charge in [0.05, 0.1) is 28.9 Å². The predicted octanol–water partition coefficient (Wildman–Crippen LogP) is 4.59. The second-order valence-corrected chi connectivity index (χ2v) is 8.28. The van der Waals surface area contributed by atoms with Gasteiger partial charge in [-0.3, -0.25) is 0 Å². The van der Waals surface area contributed by atoms with Gasteiger partial charge < -0.3 is 9.64 Å². The summed E-state index contributed by atoms with van der Waals surface area (Å²) in [5.74, 6) is 0.365. The Hall–Kier alpha value is -2.12. The summed E-state index contributed by atoms with van der Waals surface area (Å²) in [5, 5.41) is 0.833. The Morgan fingerprint density at radius 3 is 2.96 bits per heavy atom. The maximum Gasteiger partial charge on any atom is 0.339 e. The van der Waals surface area contributed by atoms with Crippen molar-refractivity contribution in [2.45, 2.75) is 17.9 Å². The van der Waals surface area contributed by atoms with Crippen LogP contribution in [-0.4, -0.2) is 35.9 Å². The maximum absolute atomic E-state index is 13.3. The van der Waals surface area contributed by atoms with Crippen LogP contribution < -0.4 is 4.90 Å². The molecule has 134 valence electrons. The first-order valence-corrected chi connectivity index (χ1v) is 10.2. The van der Waals surface area contributed by atoms with Crippen LogP contribution in [0.5, 0.6) is 0 Å². The van der Waals surface area contributed by atoms with Crippen LogP contribution >= 0.6 is 23.1 Å². The number of thioether (sulfide) groups is 1. The van der Waals surface area contributed by atoms with E-state index < -0.39 is 0 Å². The molecule has 1 fully saturated rings. The normalized spacial score (nSPS) is 14.5.